The zero-order valence-corrected chi connectivity index (χ0v) is 21.6. The molecule has 4 N–H and O–H groups in total. The van der Waals surface area contributed by atoms with E-state index in [1.54, 1.807) is 29.2 Å². The van der Waals surface area contributed by atoms with Gasteiger partial charge in [0.05, 0.1) is 16.7 Å². The van der Waals surface area contributed by atoms with E-state index < -0.39 is 23.1 Å². The molecule has 0 atom stereocenters. The third-order valence-corrected chi connectivity index (χ3v) is 6.75. The van der Waals surface area contributed by atoms with Gasteiger partial charge in [0.1, 0.15) is 22.9 Å². The van der Waals surface area contributed by atoms with E-state index in [0.717, 1.165) is 36.2 Å². The molecule has 0 unspecified atom stereocenters. The smallest absolute Gasteiger partial charge is 0.253 e. The summed E-state index contributed by atoms with van der Waals surface area (Å²) in [4.78, 5) is 37.4. The van der Waals surface area contributed by atoms with E-state index in [1.807, 2.05) is 6.92 Å². The molecule has 0 aliphatic rings. The number of thiophene rings is 1. The van der Waals surface area contributed by atoms with Crippen LogP contribution in [-0.2, 0) is 10.4 Å². The zero-order valence-electron chi connectivity index (χ0n) is 20.8. The van der Waals surface area contributed by atoms with Crippen molar-refractivity contribution >= 4 is 40.1 Å². The molecule has 0 spiro atoms. The third-order valence-electron chi connectivity index (χ3n) is 5.68. The van der Waals surface area contributed by atoms with Crippen LogP contribution in [0.5, 0.6) is 0 Å². The van der Waals surface area contributed by atoms with E-state index in [9.17, 15) is 28.3 Å². The van der Waals surface area contributed by atoms with E-state index >= 15 is 0 Å². The van der Waals surface area contributed by atoms with E-state index in [4.69, 9.17) is 5.73 Å². The SMILES string of the molecule is CCCN(CCC=O)C(=O)c1ccc(Nc2sc(-c3c(F)cc(C(C)(C)O)cc3F)cc2C(N)=O)cc1. The van der Waals surface area contributed by atoms with Gasteiger partial charge in [-0.15, -0.1) is 11.3 Å². The van der Waals surface area contributed by atoms with Gasteiger partial charge in [-0.1, -0.05) is 6.92 Å². The van der Waals surface area contributed by atoms with Gasteiger partial charge in [-0.05, 0) is 68.3 Å². The molecule has 0 aliphatic heterocycles. The van der Waals surface area contributed by atoms with Gasteiger partial charge in [0.15, 0.2) is 0 Å². The van der Waals surface area contributed by atoms with Gasteiger partial charge in [-0.3, -0.25) is 9.59 Å². The van der Waals surface area contributed by atoms with Crippen molar-refractivity contribution in [1.82, 2.24) is 4.90 Å². The first-order chi connectivity index (χ1) is 17.5. The number of aldehydes is 1. The molecule has 1 aromatic heterocycles. The normalized spacial score (nSPS) is 11.3. The number of nitrogens with two attached hydrogens (primary N) is 1. The minimum atomic E-state index is -1.43. The van der Waals surface area contributed by atoms with Crippen molar-refractivity contribution in [3.05, 3.63) is 70.8 Å². The highest BCUT2D eigenvalue weighted by Gasteiger charge is 2.24. The lowest BCUT2D eigenvalue weighted by Crippen LogP contribution is -2.32. The number of hydrogen-bond acceptors (Lipinski definition) is 6. The molecule has 7 nitrogen and oxygen atoms in total. The van der Waals surface area contributed by atoms with E-state index in [1.165, 1.54) is 19.9 Å². The summed E-state index contributed by atoms with van der Waals surface area (Å²) < 4.78 is 29.8. The van der Waals surface area contributed by atoms with E-state index in [-0.39, 0.29) is 38.9 Å². The lowest BCUT2D eigenvalue weighted by molar-refractivity contribution is -0.108. The summed E-state index contributed by atoms with van der Waals surface area (Å²) in [6.07, 6.45) is 1.78. The largest absolute Gasteiger partial charge is 0.386 e. The maximum atomic E-state index is 14.9. The second-order valence-corrected chi connectivity index (χ2v) is 10.1. The fraction of sp³-hybridized carbons (Fsp3) is 0.296. The summed E-state index contributed by atoms with van der Waals surface area (Å²) >= 11 is 0.946. The fourth-order valence-electron chi connectivity index (χ4n) is 3.76. The number of carbonyl (C=O) groups is 3. The number of amides is 2. The molecular formula is C27H29F2N3O4S. The summed E-state index contributed by atoms with van der Waals surface area (Å²) in [5.74, 6) is -2.74. The number of carbonyl (C=O) groups excluding carboxylic acids is 3. The summed E-state index contributed by atoms with van der Waals surface area (Å²) in [5.41, 5.74) is 4.84. The van der Waals surface area contributed by atoms with Crippen LogP contribution in [0.2, 0.25) is 0 Å². The molecule has 0 fully saturated rings. The second kappa shape index (κ2) is 11.6. The number of primary amides is 1. The van der Waals surface area contributed by atoms with Crippen molar-refractivity contribution in [2.24, 2.45) is 5.73 Å². The van der Waals surface area contributed by atoms with Crippen LogP contribution in [0.15, 0.2) is 42.5 Å². The number of anilines is 2. The van der Waals surface area contributed by atoms with Gasteiger partial charge >= 0.3 is 0 Å². The molecule has 0 bridgehead atoms. The summed E-state index contributed by atoms with van der Waals surface area (Å²) in [6, 6.07) is 9.93. The summed E-state index contributed by atoms with van der Waals surface area (Å²) in [6.45, 7) is 5.64. The highest BCUT2D eigenvalue weighted by molar-refractivity contribution is 7.20. The number of benzene rings is 2. The third kappa shape index (κ3) is 6.58. The summed E-state index contributed by atoms with van der Waals surface area (Å²) in [5, 5.41) is 13.4. The molecule has 1 heterocycles. The Kier molecular flexibility index (Phi) is 8.77. The lowest BCUT2D eigenvalue weighted by atomic mass is 9.96. The Labute approximate surface area is 217 Å². The Balaban J connectivity index is 1.89. The van der Waals surface area contributed by atoms with Crippen molar-refractivity contribution in [3.63, 3.8) is 0 Å². The van der Waals surface area contributed by atoms with Crippen molar-refractivity contribution in [3.8, 4) is 10.4 Å². The predicted molar refractivity (Wildman–Crippen MR) is 140 cm³/mol. The number of halogens is 2. The maximum Gasteiger partial charge on any atom is 0.253 e. The van der Waals surface area contributed by atoms with E-state index in [2.05, 4.69) is 5.32 Å². The number of nitrogens with one attached hydrogen (secondary N) is 1. The average Bonchev–Trinajstić information content (AvgIpc) is 3.24. The second-order valence-electron chi connectivity index (χ2n) is 9.04. The van der Waals surface area contributed by atoms with Crippen molar-refractivity contribution in [1.29, 1.82) is 0 Å². The number of nitrogens with zero attached hydrogens (tertiary/aromatic N) is 1. The Morgan fingerprint density at radius 2 is 1.73 bits per heavy atom. The van der Waals surface area contributed by atoms with Gasteiger partial charge in [-0.2, -0.15) is 0 Å². The van der Waals surface area contributed by atoms with Crippen molar-refractivity contribution < 1.29 is 28.3 Å². The maximum absolute atomic E-state index is 14.9. The van der Waals surface area contributed by atoms with Crippen LogP contribution in [-0.4, -0.2) is 41.2 Å². The zero-order chi connectivity index (χ0) is 27.3. The van der Waals surface area contributed by atoms with Crippen LogP contribution in [0.1, 0.15) is 59.9 Å². The lowest BCUT2D eigenvalue weighted by Gasteiger charge is -2.21. The first-order valence-electron chi connectivity index (χ1n) is 11.7. The van der Waals surface area contributed by atoms with Crippen LogP contribution in [0.4, 0.5) is 19.5 Å². The standard InChI is InChI=1S/C27H29F2N3O4S/c1-4-10-32(11-5-12-33)26(35)16-6-8-18(9-7-16)31-25-19(24(30)34)15-22(37-25)23-20(28)13-17(14-21(23)29)27(2,3)36/h6-9,12-15,31,36H,4-5,10-11H2,1-3H3,(H2,30,34). The highest BCUT2D eigenvalue weighted by atomic mass is 32.1. The van der Waals surface area contributed by atoms with Gasteiger partial charge in [-0.25, -0.2) is 8.78 Å². The Bertz CT molecular complexity index is 1280. The van der Waals surface area contributed by atoms with Crippen molar-refractivity contribution in [2.45, 2.75) is 39.2 Å². The number of aliphatic hydroxyl groups is 1. The fourth-order valence-corrected chi connectivity index (χ4v) is 4.89. The molecule has 0 saturated carbocycles. The van der Waals surface area contributed by atoms with Crippen LogP contribution in [0, 0.1) is 11.6 Å². The highest BCUT2D eigenvalue weighted by Crippen LogP contribution is 2.40. The molecule has 0 saturated heterocycles. The predicted octanol–water partition coefficient (Wildman–Crippen LogP) is 5.20. The Hall–Kier alpha value is -3.63. The minimum Gasteiger partial charge on any atom is -0.386 e. The molecule has 37 heavy (non-hydrogen) atoms. The van der Waals surface area contributed by atoms with Gasteiger partial charge in [0.25, 0.3) is 11.8 Å². The van der Waals surface area contributed by atoms with Crippen LogP contribution in [0.25, 0.3) is 10.4 Å². The monoisotopic (exact) mass is 529 g/mol. The number of rotatable bonds is 11. The average molecular weight is 530 g/mol. The molecule has 0 radical (unpaired) electrons. The van der Waals surface area contributed by atoms with E-state index in [0.29, 0.717) is 24.3 Å². The number of hydrogen-bond donors (Lipinski definition) is 3. The molecule has 3 rings (SSSR count). The molecule has 10 heteroatoms. The molecule has 0 aliphatic carbocycles. The molecule has 2 amide bonds. The Morgan fingerprint density at radius 3 is 2.24 bits per heavy atom. The molecule has 3 aromatic rings. The molecular weight excluding hydrogens is 500 g/mol. The molecule has 196 valence electrons. The van der Waals surface area contributed by atoms with Gasteiger partial charge in [0, 0.05) is 35.6 Å². The molecule has 2 aromatic carbocycles. The quantitative estimate of drug-likeness (QED) is 0.296. The first kappa shape index (κ1) is 27.9. The van der Waals surface area contributed by atoms with Crippen LogP contribution < -0.4 is 11.1 Å². The van der Waals surface area contributed by atoms with Crippen molar-refractivity contribution in [2.75, 3.05) is 18.4 Å². The topological polar surface area (TPSA) is 113 Å². The van der Waals surface area contributed by atoms with Gasteiger partial charge in [0.2, 0.25) is 0 Å². The summed E-state index contributed by atoms with van der Waals surface area (Å²) in [7, 11) is 0. The minimum absolute atomic E-state index is 0.0495. The van der Waals surface area contributed by atoms with Gasteiger partial charge < -0.3 is 25.9 Å². The van der Waals surface area contributed by atoms with Crippen LogP contribution >= 0.6 is 11.3 Å². The first-order valence-corrected chi connectivity index (χ1v) is 12.5. The van der Waals surface area contributed by atoms with Crippen LogP contribution in [0.3, 0.4) is 0 Å². The Morgan fingerprint density at radius 1 is 1.11 bits per heavy atom.